The van der Waals surface area contributed by atoms with Crippen LogP contribution in [0.3, 0.4) is 0 Å². The van der Waals surface area contributed by atoms with Crippen molar-refractivity contribution in [2.24, 2.45) is 0 Å². The van der Waals surface area contributed by atoms with Crippen molar-refractivity contribution in [1.29, 1.82) is 0 Å². The average molecular weight is 382 g/mol. The summed E-state index contributed by atoms with van der Waals surface area (Å²) >= 11 is 0. The second kappa shape index (κ2) is 7.80. The van der Waals surface area contributed by atoms with E-state index in [9.17, 15) is 8.78 Å². The fourth-order valence-corrected chi connectivity index (χ4v) is 3.24. The maximum Gasteiger partial charge on any atom is 0.224 e. The Hall–Kier alpha value is -3.22. The van der Waals surface area contributed by atoms with Crippen LogP contribution in [-0.4, -0.2) is 36.1 Å². The van der Waals surface area contributed by atoms with Gasteiger partial charge in [0.05, 0.1) is 0 Å². The summed E-state index contributed by atoms with van der Waals surface area (Å²) in [6.45, 7) is 4.97. The monoisotopic (exact) mass is 382 g/mol. The number of halogens is 2. The molecule has 144 valence electrons. The lowest BCUT2D eigenvalue weighted by Crippen LogP contribution is -2.46. The summed E-state index contributed by atoms with van der Waals surface area (Å²) in [5.74, 6) is 1.23. The van der Waals surface area contributed by atoms with Gasteiger partial charge in [0.15, 0.2) is 0 Å². The number of aryl methyl sites for hydroxylation is 1. The Morgan fingerprint density at radius 2 is 1.50 bits per heavy atom. The molecule has 0 spiro atoms. The molecule has 5 nitrogen and oxygen atoms in total. The molecule has 0 atom stereocenters. The molecule has 4 rings (SSSR count). The van der Waals surface area contributed by atoms with Gasteiger partial charge in [-0.05, 0) is 55.0 Å². The second-order valence-electron chi connectivity index (χ2n) is 6.68. The summed E-state index contributed by atoms with van der Waals surface area (Å²) < 4.78 is 32.2. The lowest BCUT2D eigenvalue weighted by Gasteiger charge is -2.36. The van der Waals surface area contributed by atoms with Crippen LogP contribution in [0.1, 0.15) is 5.56 Å². The molecule has 1 aliphatic heterocycles. The molecule has 3 aromatic rings. The molecular weight excluding hydrogens is 362 g/mol. The standard InChI is InChI=1S/C21H20F2N4O/c1-15-12-17(23)4-7-19(15)28-21-13-20(24-14-25-21)27-10-8-26(9-11-27)18-5-2-16(22)3-6-18/h2-7,12-14H,8-11H2,1H3. The molecule has 0 amide bonds. The van der Waals surface area contributed by atoms with Gasteiger partial charge in [-0.25, -0.2) is 18.7 Å². The third kappa shape index (κ3) is 4.03. The van der Waals surface area contributed by atoms with Gasteiger partial charge in [0.2, 0.25) is 5.88 Å². The first-order valence-corrected chi connectivity index (χ1v) is 9.10. The quantitative estimate of drug-likeness (QED) is 0.677. The van der Waals surface area contributed by atoms with Gasteiger partial charge in [-0.3, -0.25) is 0 Å². The molecule has 0 N–H and O–H groups in total. The van der Waals surface area contributed by atoms with Gasteiger partial charge in [-0.2, -0.15) is 0 Å². The van der Waals surface area contributed by atoms with Crippen molar-refractivity contribution in [2.75, 3.05) is 36.0 Å². The highest BCUT2D eigenvalue weighted by Crippen LogP contribution is 2.26. The largest absolute Gasteiger partial charge is 0.439 e. The maximum absolute atomic E-state index is 13.3. The Balaban J connectivity index is 1.43. The Kier molecular flexibility index (Phi) is 5.06. The fraction of sp³-hybridized carbons (Fsp3) is 0.238. The van der Waals surface area contributed by atoms with Gasteiger partial charge >= 0.3 is 0 Å². The van der Waals surface area contributed by atoms with Gasteiger partial charge in [-0.1, -0.05) is 0 Å². The van der Waals surface area contributed by atoms with Gasteiger partial charge in [0.1, 0.15) is 29.5 Å². The highest BCUT2D eigenvalue weighted by atomic mass is 19.1. The fourth-order valence-electron chi connectivity index (χ4n) is 3.24. The molecule has 1 aliphatic rings. The number of ether oxygens (including phenoxy) is 1. The van der Waals surface area contributed by atoms with E-state index in [0.717, 1.165) is 37.7 Å². The lowest BCUT2D eigenvalue weighted by atomic mass is 10.2. The molecule has 7 heteroatoms. The molecule has 1 fully saturated rings. The van der Waals surface area contributed by atoms with Crippen LogP contribution in [-0.2, 0) is 0 Å². The highest BCUT2D eigenvalue weighted by Gasteiger charge is 2.19. The first-order valence-electron chi connectivity index (χ1n) is 9.10. The summed E-state index contributed by atoms with van der Waals surface area (Å²) in [6, 6.07) is 12.7. The number of piperazine rings is 1. The number of nitrogens with zero attached hydrogens (tertiary/aromatic N) is 4. The van der Waals surface area contributed by atoms with Crippen LogP contribution in [0.4, 0.5) is 20.3 Å². The molecule has 2 aromatic carbocycles. The SMILES string of the molecule is Cc1cc(F)ccc1Oc1cc(N2CCN(c3ccc(F)cc3)CC2)ncn1. The summed E-state index contributed by atoms with van der Waals surface area (Å²) in [7, 11) is 0. The molecule has 0 bridgehead atoms. The van der Waals surface area contributed by atoms with E-state index in [2.05, 4.69) is 19.8 Å². The van der Waals surface area contributed by atoms with E-state index in [1.807, 2.05) is 0 Å². The predicted octanol–water partition coefficient (Wildman–Crippen LogP) is 4.18. The van der Waals surface area contributed by atoms with E-state index >= 15 is 0 Å². The summed E-state index contributed by atoms with van der Waals surface area (Å²) in [5.41, 5.74) is 1.72. The van der Waals surface area contributed by atoms with Gasteiger partial charge < -0.3 is 14.5 Å². The first-order chi connectivity index (χ1) is 13.6. The number of hydrogen-bond acceptors (Lipinski definition) is 5. The normalized spacial score (nSPS) is 14.2. The Morgan fingerprint density at radius 1 is 0.821 bits per heavy atom. The summed E-state index contributed by atoms with van der Waals surface area (Å²) in [4.78, 5) is 12.9. The van der Waals surface area contributed by atoms with Crippen LogP contribution < -0.4 is 14.5 Å². The van der Waals surface area contributed by atoms with Crippen molar-refractivity contribution in [3.05, 3.63) is 72.1 Å². The third-order valence-corrected chi connectivity index (χ3v) is 4.77. The Morgan fingerprint density at radius 3 is 2.21 bits per heavy atom. The van der Waals surface area contributed by atoms with Crippen molar-refractivity contribution in [3.8, 4) is 11.6 Å². The maximum atomic E-state index is 13.3. The van der Waals surface area contributed by atoms with Crippen LogP contribution in [0, 0.1) is 18.6 Å². The van der Waals surface area contributed by atoms with Gasteiger partial charge in [0, 0.05) is 37.9 Å². The number of rotatable bonds is 4. The van der Waals surface area contributed by atoms with E-state index < -0.39 is 0 Å². The minimum Gasteiger partial charge on any atom is -0.439 e. The number of aromatic nitrogens is 2. The van der Waals surface area contributed by atoms with Gasteiger partial charge in [-0.15, -0.1) is 0 Å². The van der Waals surface area contributed by atoms with Crippen LogP contribution >= 0.6 is 0 Å². The molecule has 2 heterocycles. The van der Waals surface area contributed by atoms with E-state index in [4.69, 9.17) is 4.74 Å². The van der Waals surface area contributed by atoms with Crippen molar-refractivity contribution in [1.82, 2.24) is 9.97 Å². The molecular formula is C21H20F2N4O. The molecule has 0 unspecified atom stereocenters. The zero-order chi connectivity index (χ0) is 19.5. The van der Waals surface area contributed by atoms with Crippen molar-refractivity contribution >= 4 is 11.5 Å². The third-order valence-electron chi connectivity index (χ3n) is 4.77. The predicted molar refractivity (Wildman–Crippen MR) is 104 cm³/mol. The van der Waals surface area contributed by atoms with E-state index in [1.165, 1.54) is 30.6 Å². The lowest BCUT2D eigenvalue weighted by molar-refractivity contribution is 0.455. The van der Waals surface area contributed by atoms with E-state index in [0.29, 0.717) is 17.2 Å². The summed E-state index contributed by atoms with van der Waals surface area (Å²) in [5, 5.41) is 0. The van der Waals surface area contributed by atoms with E-state index in [1.54, 1.807) is 31.2 Å². The highest BCUT2D eigenvalue weighted by molar-refractivity contribution is 5.50. The van der Waals surface area contributed by atoms with Crippen LogP contribution in [0.25, 0.3) is 0 Å². The van der Waals surface area contributed by atoms with Crippen LogP contribution in [0.5, 0.6) is 11.6 Å². The number of benzene rings is 2. The average Bonchev–Trinajstić information content (AvgIpc) is 2.71. The number of hydrogen-bond donors (Lipinski definition) is 0. The molecule has 28 heavy (non-hydrogen) atoms. The molecule has 1 aromatic heterocycles. The smallest absolute Gasteiger partial charge is 0.224 e. The molecule has 0 saturated carbocycles. The number of anilines is 2. The molecule has 1 saturated heterocycles. The van der Waals surface area contributed by atoms with Gasteiger partial charge in [0.25, 0.3) is 0 Å². The van der Waals surface area contributed by atoms with Crippen LogP contribution in [0.2, 0.25) is 0 Å². The summed E-state index contributed by atoms with van der Waals surface area (Å²) in [6.07, 6.45) is 1.47. The topological polar surface area (TPSA) is 41.5 Å². The second-order valence-corrected chi connectivity index (χ2v) is 6.68. The van der Waals surface area contributed by atoms with Crippen molar-refractivity contribution < 1.29 is 13.5 Å². The zero-order valence-electron chi connectivity index (χ0n) is 15.5. The minimum atomic E-state index is -0.299. The minimum absolute atomic E-state index is 0.229. The van der Waals surface area contributed by atoms with E-state index in [-0.39, 0.29) is 11.6 Å². The first kappa shape index (κ1) is 18.2. The Bertz CT molecular complexity index is 957. The zero-order valence-corrected chi connectivity index (χ0v) is 15.5. The van der Waals surface area contributed by atoms with Crippen LogP contribution in [0.15, 0.2) is 54.9 Å². The Labute approximate surface area is 162 Å². The molecule has 0 aliphatic carbocycles. The van der Waals surface area contributed by atoms with Crippen molar-refractivity contribution in [2.45, 2.75) is 6.92 Å². The molecule has 0 radical (unpaired) electrons. The van der Waals surface area contributed by atoms with Crippen molar-refractivity contribution in [3.63, 3.8) is 0 Å².